The molecule has 2 aromatic rings. The average molecular weight is 546 g/mol. The van der Waals surface area contributed by atoms with Gasteiger partial charge in [-0.2, -0.15) is 4.98 Å². The monoisotopic (exact) mass is 545 g/mol. The summed E-state index contributed by atoms with van der Waals surface area (Å²) in [5, 5.41) is 8.62. The van der Waals surface area contributed by atoms with E-state index in [2.05, 4.69) is 17.2 Å². The van der Waals surface area contributed by atoms with Gasteiger partial charge in [-0.1, -0.05) is 38.1 Å². The fourth-order valence-corrected chi connectivity index (χ4v) is 5.04. The fraction of sp³-hybridized carbons (Fsp3) is 0.556. The Morgan fingerprint density at radius 3 is 2.55 bits per heavy atom. The number of rotatable bonds is 14. The third-order valence-electron chi connectivity index (χ3n) is 6.19. The van der Waals surface area contributed by atoms with Crippen molar-refractivity contribution in [2.24, 2.45) is 0 Å². The summed E-state index contributed by atoms with van der Waals surface area (Å²) >= 11 is 1.59. The van der Waals surface area contributed by atoms with Crippen molar-refractivity contribution in [3.05, 3.63) is 35.0 Å². The van der Waals surface area contributed by atoms with Crippen LogP contribution in [0.25, 0.3) is 0 Å². The molecule has 38 heavy (non-hydrogen) atoms. The van der Waals surface area contributed by atoms with Gasteiger partial charge in [-0.3, -0.25) is 4.79 Å². The van der Waals surface area contributed by atoms with Gasteiger partial charge in [-0.25, -0.2) is 9.48 Å². The number of fused-ring (bicyclic) bond motifs is 1. The predicted octanol–water partition coefficient (Wildman–Crippen LogP) is 4.67. The maximum absolute atomic E-state index is 13.2. The van der Waals surface area contributed by atoms with Crippen molar-refractivity contribution in [1.29, 1.82) is 0 Å². The Kier molecular flexibility index (Phi) is 10.9. The number of amides is 1. The predicted molar refractivity (Wildman–Crippen MR) is 148 cm³/mol. The lowest BCUT2D eigenvalue weighted by molar-refractivity contribution is -0.139. The highest BCUT2D eigenvalue weighted by atomic mass is 32.2. The van der Waals surface area contributed by atoms with Gasteiger partial charge < -0.3 is 24.4 Å². The molecule has 0 spiro atoms. The van der Waals surface area contributed by atoms with E-state index in [1.165, 1.54) is 0 Å². The summed E-state index contributed by atoms with van der Waals surface area (Å²) in [6.07, 6.45) is 2.87. The number of esters is 1. The lowest BCUT2D eigenvalue weighted by atomic mass is 9.95. The number of aromatic nitrogens is 3. The lowest BCUT2D eigenvalue weighted by Crippen LogP contribution is -2.34. The number of hydrogen-bond acceptors (Lipinski definition) is 9. The maximum Gasteiger partial charge on any atom is 0.338 e. The highest BCUT2D eigenvalue weighted by Crippen LogP contribution is 2.40. The first kappa shape index (κ1) is 29.3. The number of thioether (sulfide) groups is 1. The molecule has 208 valence electrons. The zero-order valence-corrected chi connectivity index (χ0v) is 24.0. The Labute approximate surface area is 229 Å². The SMILES string of the molecule is CCCCSc1nc2n(n1)C(c1ccc(OCC(=O)N(CC)CC)c(OC)c1)C(C(=O)OCCC)=C(C)N2. The molecule has 1 aromatic heterocycles. The van der Waals surface area contributed by atoms with Gasteiger partial charge in [-0.15, -0.1) is 5.10 Å². The van der Waals surface area contributed by atoms with E-state index in [1.54, 1.807) is 34.5 Å². The molecule has 1 unspecified atom stereocenters. The molecule has 1 aliphatic heterocycles. The van der Waals surface area contributed by atoms with Crippen LogP contribution in [0.1, 0.15) is 65.5 Å². The first-order valence-corrected chi connectivity index (χ1v) is 14.2. The number of unbranched alkanes of at least 4 members (excludes halogenated alkanes) is 1. The molecule has 11 heteroatoms. The number of nitrogens with one attached hydrogen (secondary N) is 1. The summed E-state index contributed by atoms with van der Waals surface area (Å²) in [5.74, 6) is 1.85. The summed E-state index contributed by atoms with van der Waals surface area (Å²) in [7, 11) is 1.54. The van der Waals surface area contributed by atoms with E-state index < -0.39 is 12.0 Å². The largest absolute Gasteiger partial charge is 0.493 e. The molecule has 2 heterocycles. The van der Waals surface area contributed by atoms with Gasteiger partial charge in [-0.05, 0) is 51.3 Å². The molecule has 0 aliphatic carbocycles. The van der Waals surface area contributed by atoms with Crippen LogP contribution in [0.4, 0.5) is 5.95 Å². The lowest BCUT2D eigenvalue weighted by Gasteiger charge is -2.28. The molecule has 1 aromatic carbocycles. The zero-order chi connectivity index (χ0) is 27.7. The van der Waals surface area contributed by atoms with Gasteiger partial charge in [0, 0.05) is 24.5 Å². The Morgan fingerprint density at radius 2 is 1.89 bits per heavy atom. The van der Waals surface area contributed by atoms with Crippen LogP contribution in [0.5, 0.6) is 11.5 Å². The second-order valence-electron chi connectivity index (χ2n) is 8.83. The fourth-order valence-electron chi connectivity index (χ4n) is 4.13. The van der Waals surface area contributed by atoms with Crippen LogP contribution >= 0.6 is 11.8 Å². The molecule has 0 fully saturated rings. The summed E-state index contributed by atoms with van der Waals surface area (Å²) < 4.78 is 18.7. The van der Waals surface area contributed by atoms with Crippen molar-refractivity contribution in [1.82, 2.24) is 19.7 Å². The number of carbonyl (C=O) groups excluding carboxylic acids is 2. The number of benzene rings is 1. The van der Waals surface area contributed by atoms with Gasteiger partial charge in [0.15, 0.2) is 18.1 Å². The molecule has 0 saturated carbocycles. The van der Waals surface area contributed by atoms with E-state index in [9.17, 15) is 9.59 Å². The van der Waals surface area contributed by atoms with Crippen molar-refractivity contribution < 1.29 is 23.8 Å². The van der Waals surface area contributed by atoms with Gasteiger partial charge in [0.25, 0.3) is 5.91 Å². The molecule has 1 aliphatic rings. The van der Waals surface area contributed by atoms with Crippen LogP contribution in [0.2, 0.25) is 0 Å². The van der Waals surface area contributed by atoms with Crippen LogP contribution in [0, 0.1) is 0 Å². The minimum Gasteiger partial charge on any atom is -0.493 e. The summed E-state index contributed by atoms with van der Waals surface area (Å²) in [6, 6.07) is 4.83. The number of hydrogen-bond donors (Lipinski definition) is 1. The average Bonchev–Trinajstić information content (AvgIpc) is 3.32. The summed E-state index contributed by atoms with van der Waals surface area (Å²) in [5.41, 5.74) is 1.86. The van der Waals surface area contributed by atoms with Crippen LogP contribution in [0.15, 0.2) is 34.6 Å². The van der Waals surface area contributed by atoms with Crippen molar-refractivity contribution in [2.75, 3.05) is 44.5 Å². The number of nitrogens with zero attached hydrogens (tertiary/aromatic N) is 4. The molecule has 0 bridgehead atoms. The van der Waals surface area contributed by atoms with E-state index in [4.69, 9.17) is 19.3 Å². The highest BCUT2D eigenvalue weighted by Gasteiger charge is 2.35. The van der Waals surface area contributed by atoms with Gasteiger partial charge >= 0.3 is 5.97 Å². The second-order valence-corrected chi connectivity index (χ2v) is 9.89. The minimum atomic E-state index is -0.580. The molecule has 1 amide bonds. The van der Waals surface area contributed by atoms with Crippen LogP contribution in [-0.2, 0) is 14.3 Å². The normalized spacial score (nSPS) is 14.5. The smallest absolute Gasteiger partial charge is 0.338 e. The van der Waals surface area contributed by atoms with Crippen molar-refractivity contribution in [3.8, 4) is 11.5 Å². The first-order chi connectivity index (χ1) is 18.4. The number of anilines is 1. The second kappa shape index (κ2) is 14.1. The number of likely N-dealkylation sites (N-methyl/N-ethyl adjacent to an activating group) is 1. The van der Waals surface area contributed by atoms with E-state index in [0.717, 1.165) is 30.6 Å². The summed E-state index contributed by atoms with van der Waals surface area (Å²) in [4.78, 5) is 32.0. The van der Waals surface area contributed by atoms with Gasteiger partial charge in [0.05, 0.1) is 19.3 Å². The maximum atomic E-state index is 13.2. The Balaban J connectivity index is 1.98. The standard InChI is InChI=1S/C27H39N5O5S/c1-7-11-15-38-27-29-26-28-18(5)23(25(34)36-14-8-2)24(32(26)30-27)19-12-13-20(21(16-19)35-6)37-17-22(33)31(9-3)10-4/h12-13,16,24H,7-11,14-15,17H2,1-6H3,(H,28,29,30). The zero-order valence-electron chi connectivity index (χ0n) is 23.2. The molecule has 1 N–H and O–H groups in total. The minimum absolute atomic E-state index is 0.0933. The van der Waals surface area contributed by atoms with Gasteiger partial charge in [0.2, 0.25) is 11.1 Å². The molecule has 1 atom stereocenters. The molecule has 0 saturated heterocycles. The van der Waals surface area contributed by atoms with Crippen molar-refractivity contribution in [2.45, 2.75) is 65.1 Å². The molecule has 3 rings (SSSR count). The van der Waals surface area contributed by atoms with Crippen molar-refractivity contribution >= 4 is 29.6 Å². The third-order valence-corrected chi connectivity index (χ3v) is 7.11. The van der Waals surface area contributed by atoms with Crippen LogP contribution < -0.4 is 14.8 Å². The number of methoxy groups -OCH3 is 1. The number of carbonyl (C=O) groups is 2. The Morgan fingerprint density at radius 1 is 1.13 bits per heavy atom. The topological polar surface area (TPSA) is 108 Å². The van der Waals surface area contributed by atoms with E-state index >= 15 is 0 Å². The molecule has 0 radical (unpaired) electrons. The molecular weight excluding hydrogens is 506 g/mol. The molecule has 10 nitrogen and oxygen atoms in total. The number of ether oxygens (including phenoxy) is 3. The van der Waals surface area contributed by atoms with E-state index in [1.807, 2.05) is 39.8 Å². The Hall–Kier alpha value is -3.21. The third kappa shape index (κ3) is 6.80. The van der Waals surface area contributed by atoms with E-state index in [-0.39, 0.29) is 12.5 Å². The number of allylic oxidation sites excluding steroid dienone is 1. The van der Waals surface area contributed by atoms with Gasteiger partial charge in [0.1, 0.15) is 6.04 Å². The molecular formula is C27H39N5O5S. The van der Waals surface area contributed by atoms with Crippen LogP contribution in [-0.4, -0.2) is 70.7 Å². The highest BCUT2D eigenvalue weighted by molar-refractivity contribution is 7.99. The first-order valence-electron chi connectivity index (χ1n) is 13.2. The van der Waals surface area contributed by atoms with Crippen molar-refractivity contribution in [3.63, 3.8) is 0 Å². The summed E-state index contributed by atoms with van der Waals surface area (Å²) in [6.45, 7) is 11.3. The van der Waals surface area contributed by atoms with E-state index in [0.29, 0.717) is 53.6 Å². The van der Waals surface area contributed by atoms with Crippen LogP contribution in [0.3, 0.4) is 0 Å². The quantitative estimate of drug-likeness (QED) is 0.206. The Bertz CT molecular complexity index is 1140.